The third kappa shape index (κ3) is 21.7. The van der Waals surface area contributed by atoms with Gasteiger partial charge >= 0.3 is 5.91 Å². The van der Waals surface area contributed by atoms with Crippen LogP contribution in [0, 0.1) is 0 Å². The predicted octanol–water partition coefficient (Wildman–Crippen LogP) is 30.4. The van der Waals surface area contributed by atoms with Crippen molar-refractivity contribution in [3.63, 3.8) is 0 Å². The van der Waals surface area contributed by atoms with Gasteiger partial charge in [0.25, 0.3) is 46.7 Å². The van der Waals surface area contributed by atoms with Gasteiger partial charge in [-0.25, -0.2) is 0 Å². The Morgan fingerprint density at radius 1 is 0.233 bits per heavy atom. The molecule has 129 heavy (non-hydrogen) atoms. The van der Waals surface area contributed by atoms with Gasteiger partial charge in [-0.2, -0.15) is 0 Å². The van der Waals surface area contributed by atoms with Crippen LogP contribution in [0.4, 0.5) is 0 Å². The summed E-state index contributed by atoms with van der Waals surface area (Å²) in [5, 5.41) is 0. The van der Waals surface area contributed by atoms with E-state index in [0.717, 1.165) is 196 Å². The molecule has 664 valence electrons. The molecule has 8 aromatic rings. The minimum absolute atomic E-state index is 0.681. The van der Waals surface area contributed by atoms with Crippen LogP contribution in [-0.2, 0) is 25.7 Å². The molecule has 8 aromatic carbocycles. The number of amidine groups is 8. The molecule has 0 N–H and O–H groups in total. The number of fused-ring (bicyclic) bond motifs is 12. The van der Waals surface area contributed by atoms with Gasteiger partial charge in [-0.15, -0.1) is 18.3 Å². The van der Waals surface area contributed by atoms with Crippen LogP contribution in [0.25, 0.3) is 0 Å². The molecule has 0 bridgehead atoms. The summed E-state index contributed by atoms with van der Waals surface area (Å²) in [6, 6.07) is 60.5. The van der Waals surface area contributed by atoms with Gasteiger partial charge in [0.05, 0.1) is 22.3 Å². The second kappa shape index (κ2) is 46.5. The normalized spacial score (nSPS) is 15.2. The lowest BCUT2D eigenvalue weighted by molar-refractivity contribution is -1.06. The monoisotopic (exact) mass is 1720 g/mol. The fourth-order valence-electron chi connectivity index (χ4n) is 19.2. The van der Waals surface area contributed by atoms with Crippen molar-refractivity contribution in [3.05, 3.63) is 334 Å². The number of aliphatic imine (C=N–C) groups is 4. The van der Waals surface area contributed by atoms with Crippen molar-refractivity contribution in [1.29, 1.82) is 0 Å². The van der Waals surface area contributed by atoms with Crippen molar-refractivity contribution in [2.24, 2.45) is 20.0 Å². The minimum Gasteiger partial charge on any atom is -0.456 e. The van der Waals surface area contributed by atoms with Crippen LogP contribution in [-0.4, -0.2) is 70.9 Å². The van der Waals surface area contributed by atoms with Crippen molar-refractivity contribution < 1.29 is 37.2 Å². The SMILES string of the molecule is CCC/C=C/C/C=C/CCCCCCCc1cccc(Oc2cccc3c2C2=[N+]4C3=NC3=[N+]5C(=NC6=[N+]7C(=NC8=[N+](C(=N2)c2cccc(Oc9cccc(CCCCCCC/C=C/C/C=C/CCC)c9)c28)C475)c2cccc(Oc4cccc(CCCCCCC/C=C/C/C=C/CCC)c4)c26)c2cccc(Oc4cccc(CCCCCCC/C=C/C/C=C/CCC)c4)c23)c1. The highest BCUT2D eigenvalue weighted by molar-refractivity contribution is 6.31. The van der Waals surface area contributed by atoms with E-state index in [1.165, 1.54) is 151 Å². The van der Waals surface area contributed by atoms with E-state index in [2.05, 4.69) is 313 Å². The van der Waals surface area contributed by atoms with Gasteiger partial charge in [0.1, 0.15) is 68.2 Å². The van der Waals surface area contributed by atoms with Crippen LogP contribution in [0.3, 0.4) is 0 Å². The standard InChI is InChI=1S/C117H136N8O4/c1-5-9-13-17-21-25-29-33-37-41-45-49-53-65-89-69-57-73-93(85-89)126-101-81-61-77-97-105(101)113-118-110-98-78-62-82-102(127-94-74-58-70-90(86-94)66-54-50-46-42-38-34-30-26-22-18-14-10-6-2)106(98)115-120-112-100-80-64-84-104(129-96-76-60-72-92(88-96)68-56-52-48-44-40-36-32-28-24-20-16-12-8-4)108(100)116-121-111-99-79-63-83-103(107(99)114-119-109(97)122(113)117(123(110)115,124(111)114)125(112)116)128-95-75-59-71-91(87-95)67-55-51-47-43-39-35-31-27-23-19-15-11-7-3/h13-20,25-32,57-64,69-88H,5-12,21-24,33-56,65-68H2,1-4H3/q+4/b17-13+,18-14+,19-15+,20-16+,29-25+,30-26+,31-27+,32-28+. The van der Waals surface area contributed by atoms with Crippen LogP contribution in [0.5, 0.6) is 46.0 Å². The zero-order chi connectivity index (χ0) is 88.0. The van der Waals surface area contributed by atoms with E-state index in [-0.39, 0.29) is 0 Å². The van der Waals surface area contributed by atoms with E-state index in [0.29, 0.717) is 69.7 Å². The second-order valence-electron chi connectivity index (χ2n) is 35.8. The molecule has 0 unspecified atom stereocenters. The van der Waals surface area contributed by atoms with E-state index in [1.54, 1.807) is 0 Å². The van der Waals surface area contributed by atoms with Crippen LogP contribution >= 0.6 is 0 Å². The largest absolute Gasteiger partial charge is 0.491 e. The van der Waals surface area contributed by atoms with E-state index in [4.69, 9.17) is 38.9 Å². The fraction of sp³-hybridized carbons (Fsp3) is 0.385. The smallest absolute Gasteiger partial charge is 0.456 e. The summed E-state index contributed by atoms with van der Waals surface area (Å²) in [5.74, 6) is 10.0. The van der Waals surface area contributed by atoms with E-state index in [9.17, 15) is 0 Å². The van der Waals surface area contributed by atoms with Gasteiger partial charge < -0.3 is 18.9 Å². The summed E-state index contributed by atoms with van der Waals surface area (Å²) in [6.45, 7) is 8.93. The van der Waals surface area contributed by atoms with Crippen molar-refractivity contribution in [2.75, 3.05) is 0 Å². The number of nitrogens with zero attached hydrogens (tertiary/aromatic N) is 8. The summed E-state index contributed by atoms with van der Waals surface area (Å²) < 4.78 is 39.0. The Morgan fingerprint density at radius 2 is 0.442 bits per heavy atom. The first kappa shape index (κ1) is 90.6. The highest BCUT2D eigenvalue weighted by Gasteiger charge is 2.79. The van der Waals surface area contributed by atoms with E-state index >= 15 is 0 Å². The fourth-order valence-corrected chi connectivity index (χ4v) is 19.2. The maximum atomic E-state index is 7.40. The zero-order valence-corrected chi connectivity index (χ0v) is 77.4. The maximum Gasteiger partial charge on any atom is 0.491 e. The lowest BCUT2D eigenvalue weighted by Crippen LogP contribution is -2.76. The number of aryl methyl sites for hydroxylation is 4. The van der Waals surface area contributed by atoms with Gasteiger partial charge in [0.15, 0.2) is 0 Å². The maximum absolute atomic E-state index is 7.40. The third-order valence-electron chi connectivity index (χ3n) is 25.8. The number of ether oxygens (including phenoxy) is 4. The first-order chi connectivity index (χ1) is 63.9. The van der Waals surface area contributed by atoms with E-state index < -0.39 is 5.91 Å². The molecule has 8 heterocycles. The molecule has 0 aliphatic carbocycles. The molecule has 16 rings (SSSR count). The van der Waals surface area contributed by atoms with Crippen molar-refractivity contribution >= 4 is 46.7 Å². The minimum atomic E-state index is -1.43. The lowest BCUT2D eigenvalue weighted by atomic mass is 10.0. The van der Waals surface area contributed by atoms with Crippen LogP contribution in [0.2, 0.25) is 0 Å². The quantitative estimate of drug-likeness (QED) is 0.0215. The highest BCUT2D eigenvalue weighted by atomic mass is 16.5. The Labute approximate surface area is 769 Å². The van der Waals surface area contributed by atoms with E-state index in [1.807, 2.05) is 0 Å². The van der Waals surface area contributed by atoms with Gasteiger partial charge in [-0.3, -0.25) is 0 Å². The Morgan fingerprint density at radius 3 is 0.674 bits per heavy atom. The molecule has 0 fully saturated rings. The Balaban J connectivity index is 0.753. The molecule has 0 saturated carbocycles. The average Bonchev–Trinajstić information content (AvgIpc) is 1.46. The predicted molar refractivity (Wildman–Crippen MR) is 535 cm³/mol. The zero-order valence-electron chi connectivity index (χ0n) is 77.4. The first-order valence-electron chi connectivity index (χ1n) is 49.8. The molecule has 0 atom stereocenters. The summed E-state index contributed by atoms with van der Waals surface area (Å²) >= 11 is 0. The molecular formula is C117H136N8O4+4. The molecule has 8 aliphatic heterocycles. The summed E-state index contributed by atoms with van der Waals surface area (Å²) in [6.07, 6.45) is 83.2. The molecule has 12 nitrogen and oxygen atoms in total. The molecule has 0 radical (unpaired) electrons. The summed E-state index contributed by atoms with van der Waals surface area (Å²) in [4.78, 5) is 24.2. The third-order valence-corrected chi connectivity index (χ3v) is 25.8. The van der Waals surface area contributed by atoms with Crippen LogP contribution in [0.15, 0.2) is 287 Å². The van der Waals surface area contributed by atoms with Crippen molar-refractivity contribution in [3.8, 4) is 46.0 Å². The number of unbranched alkanes of at least 4 members (excludes halogenated alkanes) is 24. The van der Waals surface area contributed by atoms with Gasteiger partial charge in [0, 0.05) is 0 Å². The number of hydrogen-bond acceptors (Lipinski definition) is 8. The van der Waals surface area contributed by atoms with Gasteiger partial charge in [0.2, 0.25) is 0 Å². The van der Waals surface area contributed by atoms with Gasteiger partial charge in [-0.1, -0.05) is 320 Å². The Kier molecular flexibility index (Phi) is 32.6. The molecular weight excluding hydrogens is 1580 g/mol. The Hall–Kier alpha value is -11.8. The first-order valence-corrected chi connectivity index (χ1v) is 49.8. The van der Waals surface area contributed by atoms with Crippen molar-refractivity contribution in [2.45, 2.75) is 290 Å². The van der Waals surface area contributed by atoms with Crippen LogP contribution < -0.4 is 18.9 Å². The number of allylic oxidation sites excluding steroid dienone is 16. The Bertz CT molecular complexity index is 5090. The summed E-state index contributed by atoms with van der Waals surface area (Å²) in [7, 11) is 0. The number of hydrogen-bond donors (Lipinski definition) is 0. The molecule has 0 saturated heterocycles. The lowest BCUT2D eigenvalue weighted by Gasteiger charge is -2.38. The highest BCUT2D eigenvalue weighted by Crippen LogP contribution is 2.52. The molecule has 12 heteroatoms. The molecule has 0 aromatic heterocycles. The van der Waals surface area contributed by atoms with Gasteiger partial charge in [-0.05, 0) is 273 Å². The molecule has 8 aliphatic rings. The number of rotatable bonds is 56. The average molecular weight is 1720 g/mol. The van der Waals surface area contributed by atoms with Crippen LogP contribution in [0.1, 0.15) is 326 Å². The summed E-state index contributed by atoms with van der Waals surface area (Å²) in [5.41, 5.74) is 12.0. The molecule has 0 amide bonds. The number of benzene rings is 8. The van der Waals surface area contributed by atoms with Crippen molar-refractivity contribution in [1.82, 2.24) is 0 Å². The second-order valence-corrected chi connectivity index (χ2v) is 35.8. The topological polar surface area (TPSA) is 98.4 Å². The molecule has 1 spiro atoms.